The quantitative estimate of drug-likeness (QED) is 0.197. The first kappa shape index (κ1) is 23.9. The first-order valence-electron chi connectivity index (χ1n) is 12.0. The SMILES string of the molecule is O=c1cc(C2C(c3cccs3)C(c3cc(=O)oc4cc(Cl)ccc34)C2c2cccs2)c2ccc(Cl)cc2o1. The maximum absolute atomic E-state index is 12.8. The average molecular weight is 578 g/mol. The molecule has 38 heavy (non-hydrogen) atoms. The molecule has 0 amide bonds. The standard InChI is InChI=1S/C30H18Cl2O4S2/c31-15-5-7-17-19(13-25(33)35-21(17)11-15)27-29(23-3-1-9-37-23)28(30(27)24-4-2-10-38-24)20-14-26(34)36-22-12-16(32)6-8-18(20)22/h1-14,27-30H. The first-order chi connectivity index (χ1) is 18.5. The summed E-state index contributed by atoms with van der Waals surface area (Å²) in [5, 5.41) is 6.88. The lowest BCUT2D eigenvalue weighted by Crippen LogP contribution is -2.40. The van der Waals surface area contributed by atoms with Gasteiger partial charge in [0.05, 0.1) is 0 Å². The van der Waals surface area contributed by atoms with Crippen LogP contribution in [0.25, 0.3) is 21.9 Å². The molecule has 1 aliphatic carbocycles. The summed E-state index contributed by atoms with van der Waals surface area (Å²) in [6, 6.07) is 22.5. The van der Waals surface area contributed by atoms with Gasteiger partial charge in [0.1, 0.15) is 11.2 Å². The van der Waals surface area contributed by atoms with E-state index in [0.29, 0.717) is 21.2 Å². The van der Waals surface area contributed by atoms with Crippen molar-refractivity contribution >= 4 is 67.8 Å². The smallest absolute Gasteiger partial charge is 0.336 e. The van der Waals surface area contributed by atoms with E-state index in [0.717, 1.165) is 21.9 Å². The molecule has 0 bridgehead atoms. The Bertz CT molecular complexity index is 1770. The average Bonchev–Trinajstić information content (AvgIpc) is 3.58. The van der Waals surface area contributed by atoms with Crippen molar-refractivity contribution in [3.8, 4) is 0 Å². The van der Waals surface area contributed by atoms with Crippen LogP contribution in [0.2, 0.25) is 10.0 Å². The number of hydrogen-bond donors (Lipinski definition) is 0. The molecule has 1 aliphatic rings. The summed E-state index contributed by atoms with van der Waals surface area (Å²) >= 11 is 15.9. The Morgan fingerprint density at radius 2 is 1.03 bits per heavy atom. The molecule has 0 aliphatic heterocycles. The fourth-order valence-electron chi connectivity index (χ4n) is 6.07. The van der Waals surface area contributed by atoms with Gasteiger partial charge in [0.15, 0.2) is 0 Å². The Balaban J connectivity index is 1.52. The summed E-state index contributed by atoms with van der Waals surface area (Å²) in [6.07, 6.45) is 0. The normalized spacial score (nSPS) is 21.1. The predicted molar refractivity (Wildman–Crippen MR) is 155 cm³/mol. The highest BCUT2D eigenvalue weighted by Crippen LogP contribution is 2.68. The second-order valence-corrected chi connectivity index (χ2v) is 12.3. The molecule has 0 radical (unpaired) electrons. The number of rotatable bonds is 4. The van der Waals surface area contributed by atoms with Crippen molar-refractivity contribution in [1.82, 2.24) is 0 Å². The topological polar surface area (TPSA) is 60.4 Å². The second-order valence-electron chi connectivity index (χ2n) is 9.46. The van der Waals surface area contributed by atoms with Gasteiger partial charge < -0.3 is 8.83 Å². The molecule has 4 aromatic heterocycles. The van der Waals surface area contributed by atoms with Gasteiger partial charge in [-0.25, -0.2) is 9.59 Å². The number of halogens is 2. The molecule has 7 rings (SSSR count). The number of fused-ring (bicyclic) bond motifs is 2. The van der Waals surface area contributed by atoms with Crippen LogP contribution in [0.3, 0.4) is 0 Å². The van der Waals surface area contributed by atoms with E-state index in [1.165, 1.54) is 9.75 Å². The Kier molecular flexibility index (Phi) is 5.82. The van der Waals surface area contributed by atoms with Gasteiger partial charge in [-0.05, 0) is 58.3 Å². The van der Waals surface area contributed by atoms with Gasteiger partial charge in [-0.2, -0.15) is 0 Å². The van der Waals surface area contributed by atoms with Gasteiger partial charge in [0.25, 0.3) is 0 Å². The third-order valence-corrected chi connectivity index (χ3v) is 9.90. The maximum Gasteiger partial charge on any atom is 0.336 e. The summed E-state index contributed by atoms with van der Waals surface area (Å²) in [4.78, 5) is 27.9. The van der Waals surface area contributed by atoms with Gasteiger partial charge in [-0.15, -0.1) is 22.7 Å². The van der Waals surface area contributed by atoms with Gasteiger partial charge in [-0.3, -0.25) is 0 Å². The van der Waals surface area contributed by atoms with Gasteiger partial charge >= 0.3 is 11.3 Å². The van der Waals surface area contributed by atoms with E-state index < -0.39 is 11.3 Å². The summed E-state index contributed by atoms with van der Waals surface area (Å²) in [7, 11) is 0. The van der Waals surface area contributed by atoms with Crippen LogP contribution < -0.4 is 11.3 Å². The van der Waals surface area contributed by atoms with Crippen molar-refractivity contribution < 1.29 is 8.83 Å². The molecule has 0 saturated heterocycles. The van der Waals surface area contributed by atoms with Crippen molar-refractivity contribution in [1.29, 1.82) is 0 Å². The monoisotopic (exact) mass is 576 g/mol. The van der Waals surface area contributed by atoms with E-state index in [1.807, 2.05) is 36.4 Å². The molecule has 4 nitrogen and oxygen atoms in total. The minimum absolute atomic E-state index is 0.0171. The molecule has 2 aromatic carbocycles. The van der Waals surface area contributed by atoms with E-state index in [-0.39, 0.29) is 23.7 Å². The lowest BCUT2D eigenvalue weighted by molar-refractivity contribution is 0.237. The Morgan fingerprint density at radius 3 is 1.42 bits per heavy atom. The van der Waals surface area contributed by atoms with Crippen molar-refractivity contribution in [2.24, 2.45) is 0 Å². The largest absolute Gasteiger partial charge is 0.423 e. The Hall–Kier alpha value is -3.16. The predicted octanol–water partition coefficient (Wildman–Crippen LogP) is 8.78. The lowest BCUT2D eigenvalue weighted by Gasteiger charge is -2.52. The fourth-order valence-corrected chi connectivity index (χ4v) is 8.23. The maximum atomic E-state index is 12.8. The van der Waals surface area contributed by atoms with Crippen LogP contribution in [0.5, 0.6) is 0 Å². The molecular weight excluding hydrogens is 559 g/mol. The lowest BCUT2D eigenvalue weighted by atomic mass is 9.51. The van der Waals surface area contributed by atoms with Crippen LogP contribution >= 0.6 is 45.9 Å². The van der Waals surface area contributed by atoms with Crippen molar-refractivity contribution in [2.45, 2.75) is 23.7 Å². The molecule has 8 heteroatoms. The zero-order valence-corrected chi connectivity index (χ0v) is 22.7. The zero-order chi connectivity index (χ0) is 26.0. The first-order valence-corrected chi connectivity index (χ1v) is 14.5. The summed E-state index contributed by atoms with van der Waals surface area (Å²) < 4.78 is 11.1. The third kappa shape index (κ3) is 3.86. The minimum Gasteiger partial charge on any atom is -0.423 e. The molecule has 0 atom stereocenters. The van der Waals surface area contributed by atoms with E-state index >= 15 is 0 Å². The number of thiophene rings is 2. The number of benzene rings is 2. The van der Waals surface area contributed by atoms with E-state index in [4.69, 9.17) is 32.0 Å². The Morgan fingerprint density at radius 1 is 0.579 bits per heavy atom. The van der Waals surface area contributed by atoms with Crippen LogP contribution in [0.4, 0.5) is 0 Å². The highest BCUT2D eigenvalue weighted by atomic mass is 35.5. The molecular formula is C30H18Cl2O4S2. The molecule has 0 unspecified atom stereocenters. The van der Waals surface area contributed by atoms with Gasteiger partial charge in [0.2, 0.25) is 0 Å². The fraction of sp³-hybridized carbons (Fsp3) is 0.133. The second kappa shape index (κ2) is 9.24. The van der Waals surface area contributed by atoms with Gasteiger partial charge in [-0.1, -0.05) is 35.3 Å². The van der Waals surface area contributed by atoms with E-state index in [9.17, 15) is 9.59 Å². The van der Waals surface area contributed by atoms with Crippen molar-refractivity contribution in [3.63, 3.8) is 0 Å². The van der Waals surface area contributed by atoms with Crippen LogP contribution in [0.15, 0.2) is 102 Å². The Labute approximate surface area is 234 Å². The third-order valence-electron chi connectivity index (χ3n) is 7.49. The van der Waals surface area contributed by atoms with Crippen LogP contribution in [0.1, 0.15) is 44.6 Å². The highest BCUT2D eigenvalue weighted by Gasteiger charge is 2.54. The molecule has 1 fully saturated rings. The van der Waals surface area contributed by atoms with Crippen molar-refractivity contribution in [3.05, 3.63) is 135 Å². The van der Waals surface area contributed by atoms with Crippen LogP contribution in [-0.2, 0) is 0 Å². The van der Waals surface area contributed by atoms with E-state index in [1.54, 1.807) is 46.9 Å². The highest BCUT2D eigenvalue weighted by molar-refractivity contribution is 7.10. The van der Waals surface area contributed by atoms with Crippen LogP contribution in [0, 0.1) is 0 Å². The summed E-state index contributed by atoms with van der Waals surface area (Å²) in [5.41, 5.74) is 1.98. The zero-order valence-electron chi connectivity index (χ0n) is 19.6. The summed E-state index contributed by atoms with van der Waals surface area (Å²) in [6.45, 7) is 0. The molecule has 0 N–H and O–H groups in total. The molecule has 4 heterocycles. The molecule has 6 aromatic rings. The van der Waals surface area contributed by atoms with E-state index in [2.05, 4.69) is 22.9 Å². The summed E-state index contributed by atoms with van der Waals surface area (Å²) in [5.74, 6) is -0.0220. The molecule has 188 valence electrons. The number of hydrogen-bond acceptors (Lipinski definition) is 6. The van der Waals surface area contributed by atoms with Crippen molar-refractivity contribution in [2.75, 3.05) is 0 Å². The molecule has 0 spiro atoms. The minimum atomic E-state index is -0.409. The van der Waals surface area contributed by atoms with Crippen LogP contribution in [-0.4, -0.2) is 0 Å². The van der Waals surface area contributed by atoms with Gasteiger partial charge in [0, 0.05) is 78.5 Å². The molecule has 1 saturated carbocycles.